The van der Waals surface area contributed by atoms with E-state index < -0.39 is 0 Å². The van der Waals surface area contributed by atoms with Crippen molar-refractivity contribution in [2.24, 2.45) is 0 Å². The van der Waals surface area contributed by atoms with E-state index in [1.807, 2.05) is 24.3 Å². The number of pyridine rings is 1. The van der Waals surface area contributed by atoms with Crippen LogP contribution in [0.4, 0.5) is 5.69 Å². The summed E-state index contributed by atoms with van der Waals surface area (Å²) in [4.78, 5) is 24.9. The van der Waals surface area contributed by atoms with Gasteiger partial charge in [0.15, 0.2) is 5.82 Å². The van der Waals surface area contributed by atoms with Crippen LogP contribution in [0.1, 0.15) is 41.4 Å². The van der Waals surface area contributed by atoms with Crippen molar-refractivity contribution in [2.75, 3.05) is 5.32 Å². The molecule has 0 spiro atoms. The number of H-pyrrole nitrogens is 1. The van der Waals surface area contributed by atoms with Crippen LogP contribution in [0.2, 0.25) is 0 Å². The number of fused-ring (bicyclic) bond motifs is 1. The molecule has 27 heavy (non-hydrogen) atoms. The highest BCUT2D eigenvalue weighted by molar-refractivity contribution is 6.04. The lowest BCUT2D eigenvalue weighted by Gasteiger charge is -2.22. The minimum absolute atomic E-state index is 0.201. The molecular weight excluding hydrogens is 340 g/mol. The van der Waals surface area contributed by atoms with Gasteiger partial charge >= 0.3 is 0 Å². The standard InChI is InChI=1S/C20H18N6O/c27-20(14-5-8-18(21-12-14)26-10-2-9-22-26)23-15-6-7-16-17(11-15)25-19(24-16)13-3-1-4-13/h2,5-13H,1,3-4H2,(H,23,27)(H,24,25). The Labute approximate surface area is 155 Å². The Morgan fingerprint density at radius 3 is 2.85 bits per heavy atom. The largest absolute Gasteiger partial charge is 0.342 e. The zero-order valence-corrected chi connectivity index (χ0v) is 14.6. The zero-order valence-electron chi connectivity index (χ0n) is 14.6. The van der Waals surface area contributed by atoms with E-state index in [0.717, 1.165) is 22.5 Å². The number of rotatable bonds is 4. The summed E-state index contributed by atoms with van der Waals surface area (Å²) < 4.78 is 1.65. The lowest BCUT2D eigenvalue weighted by atomic mass is 9.85. The van der Waals surface area contributed by atoms with E-state index >= 15 is 0 Å². The van der Waals surface area contributed by atoms with E-state index in [-0.39, 0.29) is 5.91 Å². The van der Waals surface area contributed by atoms with Gasteiger partial charge in [0.2, 0.25) is 0 Å². The molecule has 0 aliphatic heterocycles. The molecule has 134 valence electrons. The van der Waals surface area contributed by atoms with E-state index in [4.69, 9.17) is 0 Å². The van der Waals surface area contributed by atoms with E-state index in [1.165, 1.54) is 19.3 Å². The first kappa shape index (κ1) is 15.7. The number of imidazole rings is 1. The van der Waals surface area contributed by atoms with Gasteiger partial charge in [-0.3, -0.25) is 4.79 Å². The lowest BCUT2D eigenvalue weighted by Crippen LogP contribution is -2.12. The van der Waals surface area contributed by atoms with Crippen molar-refractivity contribution in [3.63, 3.8) is 0 Å². The molecule has 1 fully saturated rings. The molecule has 0 radical (unpaired) electrons. The predicted molar refractivity (Wildman–Crippen MR) is 102 cm³/mol. The van der Waals surface area contributed by atoms with Gasteiger partial charge in [-0.15, -0.1) is 0 Å². The van der Waals surface area contributed by atoms with Crippen molar-refractivity contribution >= 4 is 22.6 Å². The van der Waals surface area contributed by atoms with E-state index in [9.17, 15) is 4.79 Å². The number of nitrogens with zero attached hydrogens (tertiary/aromatic N) is 4. The van der Waals surface area contributed by atoms with Crippen molar-refractivity contribution in [3.8, 4) is 5.82 Å². The average molecular weight is 358 g/mol. The van der Waals surface area contributed by atoms with Gasteiger partial charge in [0.1, 0.15) is 5.82 Å². The Morgan fingerprint density at radius 2 is 2.15 bits per heavy atom. The fourth-order valence-electron chi connectivity index (χ4n) is 3.25. The summed E-state index contributed by atoms with van der Waals surface area (Å²) in [6.45, 7) is 0. The summed E-state index contributed by atoms with van der Waals surface area (Å²) in [6, 6.07) is 11.1. The molecule has 1 aliphatic rings. The third kappa shape index (κ3) is 2.97. The fourth-order valence-corrected chi connectivity index (χ4v) is 3.25. The van der Waals surface area contributed by atoms with Crippen LogP contribution in [-0.4, -0.2) is 30.6 Å². The van der Waals surface area contributed by atoms with Crippen molar-refractivity contribution in [1.82, 2.24) is 24.7 Å². The second kappa shape index (κ2) is 6.35. The van der Waals surface area contributed by atoms with Crippen LogP contribution >= 0.6 is 0 Å². The molecule has 0 atom stereocenters. The smallest absolute Gasteiger partial charge is 0.257 e. The van der Waals surface area contributed by atoms with Crippen molar-refractivity contribution in [3.05, 3.63) is 66.4 Å². The molecule has 1 aromatic carbocycles. The number of aromatic nitrogens is 5. The molecule has 3 aromatic heterocycles. The lowest BCUT2D eigenvalue weighted by molar-refractivity contribution is 0.102. The first-order valence-electron chi connectivity index (χ1n) is 9.03. The minimum Gasteiger partial charge on any atom is -0.342 e. The van der Waals surface area contributed by atoms with Crippen LogP contribution in [-0.2, 0) is 0 Å². The van der Waals surface area contributed by atoms with Crippen LogP contribution in [0, 0.1) is 0 Å². The van der Waals surface area contributed by atoms with Crippen LogP contribution < -0.4 is 5.32 Å². The van der Waals surface area contributed by atoms with E-state index in [0.29, 0.717) is 17.3 Å². The summed E-state index contributed by atoms with van der Waals surface area (Å²) in [5, 5.41) is 7.05. The monoisotopic (exact) mass is 358 g/mol. The number of carbonyl (C=O) groups is 1. The SMILES string of the molecule is O=C(Nc1ccc2nc(C3CCC3)[nH]c2c1)c1ccc(-n2cccn2)nc1. The highest BCUT2D eigenvalue weighted by Gasteiger charge is 2.22. The van der Waals surface area contributed by atoms with Gasteiger partial charge in [-0.05, 0) is 49.2 Å². The molecule has 2 N–H and O–H groups in total. The summed E-state index contributed by atoms with van der Waals surface area (Å²) >= 11 is 0. The first-order chi connectivity index (χ1) is 13.3. The van der Waals surface area contributed by atoms with E-state index in [2.05, 4.69) is 25.4 Å². The van der Waals surface area contributed by atoms with Gasteiger partial charge in [0.05, 0.1) is 16.6 Å². The average Bonchev–Trinajstić information content (AvgIpc) is 3.29. The molecular formula is C20H18N6O. The van der Waals surface area contributed by atoms with Crippen molar-refractivity contribution < 1.29 is 4.79 Å². The highest BCUT2D eigenvalue weighted by Crippen LogP contribution is 2.35. The first-order valence-corrected chi connectivity index (χ1v) is 9.03. The molecule has 1 amide bonds. The third-order valence-electron chi connectivity index (χ3n) is 5.00. The molecule has 3 heterocycles. The highest BCUT2D eigenvalue weighted by atomic mass is 16.1. The van der Waals surface area contributed by atoms with Gasteiger partial charge in [0, 0.05) is 30.2 Å². The van der Waals surface area contributed by atoms with Gasteiger partial charge < -0.3 is 10.3 Å². The molecule has 0 saturated heterocycles. The summed E-state index contributed by atoms with van der Waals surface area (Å²) in [6.07, 6.45) is 8.71. The normalized spacial score (nSPS) is 14.2. The van der Waals surface area contributed by atoms with Crippen LogP contribution in [0.25, 0.3) is 16.9 Å². The molecule has 0 bridgehead atoms. The zero-order chi connectivity index (χ0) is 18.2. The number of hydrogen-bond acceptors (Lipinski definition) is 4. The maximum Gasteiger partial charge on any atom is 0.257 e. The van der Waals surface area contributed by atoms with Gasteiger partial charge in [0.25, 0.3) is 5.91 Å². The summed E-state index contributed by atoms with van der Waals surface area (Å²) in [5.41, 5.74) is 3.10. The number of amides is 1. The Balaban J connectivity index is 1.34. The summed E-state index contributed by atoms with van der Waals surface area (Å²) in [7, 11) is 0. The molecule has 4 aromatic rings. The third-order valence-corrected chi connectivity index (χ3v) is 5.00. The molecule has 7 nitrogen and oxygen atoms in total. The molecule has 0 unspecified atom stereocenters. The van der Waals surface area contributed by atoms with Crippen molar-refractivity contribution in [2.45, 2.75) is 25.2 Å². The Bertz CT molecular complexity index is 1090. The van der Waals surface area contributed by atoms with E-state index in [1.54, 1.807) is 35.4 Å². The number of aromatic amines is 1. The predicted octanol–water partition coefficient (Wildman–Crippen LogP) is 3.66. The number of nitrogens with one attached hydrogen (secondary N) is 2. The van der Waals surface area contributed by atoms with Crippen LogP contribution in [0.15, 0.2) is 55.0 Å². The Kier molecular flexibility index (Phi) is 3.71. The maximum atomic E-state index is 12.5. The number of anilines is 1. The molecule has 5 rings (SSSR count). The van der Waals surface area contributed by atoms with Crippen molar-refractivity contribution in [1.29, 1.82) is 0 Å². The second-order valence-electron chi connectivity index (χ2n) is 6.79. The minimum atomic E-state index is -0.201. The fraction of sp³-hybridized carbons (Fsp3) is 0.200. The second-order valence-corrected chi connectivity index (χ2v) is 6.79. The van der Waals surface area contributed by atoms with Gasteiger partial charge in [-0.1, -0.05) is 6.42 Å². The quantitative estimate of drug-likeness (QED) is 0.583. The number of carbonyl (C=O) groups excluding carboxylic acids is 1. The molecule has 7 heteroatoms. The van der Waals surface area contributed by atoms with Crippen LogP contribution in [0.3, 0.4) is 0 Å². The topological polar surface area (TPSA) is 88.5 Å². The number of hydrogen-bond donors (Lipinski definition) is 2. The molecule has 1 aliphatic carbocycles. The van der Waals surface area contributed by atoms with Crippen LogP contribution in [0.5, 0.6) is 0 Å². The van der Waals surface area contributed by atoms with Gasteiger partial charge in [-0.25, -0.2) is 14.6 Å². The Hall–Kier alpha value is -3.48. The Morgan fingerprint density at radius 1 is 1.22 bits per heavy atom. The maximum absolute atomic E-state index is 12.5. The summed E-state index contributed by atoms with van der Waals surface area (Å²) in [5.74, 6) is 2.07. The number of benzene rings is 1. The molecule has 1 saturated carbocycles. The van der Waals surface area contributed by atoms with Gasteiger partial charge in [-0.2, -0.15) is 5.10 Å².